The number of hydrogen-bond donors (Lipinski definition) is 1. The Morgan fingerprint density at radius 1 is 1.00 bits per heavy atom. The van der Waals surface area contributed by atoms with E-state index in [0.717, 1.165) is 11.1 Å². The van der Waals surface area contributed by atoms with Crippen LogP contribution in [0.15, 0.2) is 60.7 Å². The van der Waals surface area contributed by atoms with E-state index < -0.39 is 0 Å². The second-order valence-electron chi connectivity index (χ2n) is 4.83. The molecule has 0 heterocycles. The molecule has 22 heavy (non-hydrogen) atoms. The lowest BCUT2D eigenvalue weighted by molar-refractivity contribution is -0.139. The summed E-state index contributed by atoms with van der Waals surface area (Å²) in [7, 11) is 1.38. The quantitative estimate of drug-likeness (QED) is 0.601. The molecule has 116 valence electrons. The molecule has 4 nitrogen and oxygen atoms in total. The van der Waals surface area contributed by atoms with Crippen molar-refractivity contribution in [2.45, 2.75) is 6.10 Å². The molecule has 0 spiro atoms. The first-order valence-corrected chi connectivity index (χ1v) is 7.30. The van der Waals surface area contributed by atoms with Crippen LogP contribution in [0.25, 0.3) is 0 Å². The number of nitrogens with one attached hydrogen (secondary N) is 1. The number of rotatable bonds is 8. The highest BCUT2D eigenvalue weighted by Crippen LogP contribution is 2.25. The van der Waals surface area contributed by atoms with E-state index in [9.17, 15) is 4.79 Å². The van der Waals surface area contributed by atoms with Crippen molar-refractivity contribution in [1.29, 1.82) is 0 Å². The van der Waals surface area contributed by atoms with Gasteiger partial charge in [-0.3, -0.25) is 4.79 Å². The summed E-state index contributed by atoms with van der Waals surface area (Å²) in [5, 5.41) is 2.99. The van der Waals surface area contributed by atoms with Gasteiger partial charge >= 0.3 is 5.97 Å². The molecule has 0 amide bonds. The third-order valence-electron chi connectivity index (χ3n) is 3.27. The smallest absolute Gasteiger partial charge is 0.319 e. The topological polar surface area (TPSA) is 47.6 Å². The Kier molecular flexibility index (Phi) is 6.61. The van der Waals surface area contributed by atoms with Crippen LogP contribution in [0.2, 0.25) is 0 Å². The van der Waals surface area contributed by atoms with Gasteiger partial charge in [-0.15, -0.1) is 0 Å². The Bertz CT molecular complexity index is 518. The Morgan fingerprint density at radius 2 is 1.55 bits per heavy atom. The zero-order valence-electron chi connectivity index (χ0n) is 12.7. The van der Waals surface area contributed by atoms with E-state index in [0.29, 0.717) is 13.2 Å². The van der Waals surface area contributed by atoms with Crippen LogP contribution in [-0.4, -0.2) is 32.8 Å². The van der Waals surface area contributed by atoms with Gasteiger partial charge in [0.05, 0.1) is 20.3 Å². The zero-order valence-corrected chi connectivity index (χ0v) is 12.7. The number of ether oxygens (including phenoxy) is 2. The molecule has 2 rings (SSSR count). The summed E-state index contributed by atoms with van der Waals surface area (Å²) in [6.07, 6.45) is -0.109. The van der Waals surface area contributed by atoms with Gasteiger partial charge in [0.15, 0.2) is 0 Å². The SMILES string of the molecule is COC(=O)CNCCOC(c1ccccc1)c1ccccc1. The van der Waals surface area contributed by atoms with Crippen molar-refractivity contribution in [3.05, 3.63) is 71.8 Å². The lowest BCUT2D eigenvalue weighted by Crippen LogP contribution is -2.27. The number of carbonyl (C=O) groups excluding carboxylic acids is 1. The predicted octanol–water partition coefficient (Wildman–Crippen LogP) is 2.56. The first-order chi connectivity index (χ1) is 10.8. The average Bonchev–Trinajstić information content (AvgIpc) is 2.59. The van der Waals surface area contributed by atoms with E-state index in [2.05, 4.69) is 34.3 Å². The average molecular weight is 299 g/mol. The summed E-state index contributed by atoms with van der Waals surface area (Å²) in [5.74, 6) is -0.275. The fraction of sp³-hybridized carbons (Fsp3) is 0.278. The highest BCUT2D eigenvalue weighted by Gasteiger charge is 2.13. The van der Waals surface area contributed by atoms with E-state index in [1.165, 1.54) is 7.11 Å². The Labute approximate surface area is 131 Å². The van der Waals surface area contributed by atoms with Crippen molar-refractivity contribution in [3.63, 3.8) is 0 Å². The molecule has 0 aromatic heterocycles. The van der Waals surface area contributed by atoms with Crippen molar-refractivity contribution in [2.24, 2.45) is 0 Å². The molecule has 0 radical (unpaired) electrons. The molecule has 0 bridgehead atoms. The van der Waals surface area contributed by atoms with Crippen molar-refractivity contribution in [3.8, 4) is 0 Å². The number of methoxy groups -OCH3 is 1. The Balaban J connectivity index is 1.93. The molecular weight excluding hydrogens is 278 g/mol. The van der Waals surface area contributed by atoms with Crippen LogP contribution in [0.1, 0.15) is 17.2 Å². The van der Waals surface area contributed by atoms with Gasteiger partial charge in [0.25, 0.3) is 0 Å². The summed E-state index contributed by atoms with van der Waals surface area (Å²) < 4.78 is 10.6. The summed E-state index contributed by atoms with van der Waals surface area (Å²) in [5.41, 5.74) is 2.23. The molecular formula is C18H21NO3. The third kappa shape index (κ3) is 4.98. The normalized spacial score (nSPS) is 10.6. The summed E-state index contributed by atoms with van der Waals surface area (Å²) in [6.45, 7) is 1.29. The molecule has 0 saturated heterocycles. The molecule has 0 saturated carbocycles. The minimum Gasteiger partial charge on any atom is -0.468 e. The maximum absolute atomic E-state index is 11.0. The zero-order chi connectivity index (χ0) is 15.6. The predicted molar refractivity (Wildman–Crippen MR) is 85.6 cm³/mol. The molecule has 0 aliphatic carbocycles. The number of benzene rings is 2. The van der Waals surface area contributed by atoms with Gasteiger partial charge in [0, 0.05) is 6.54 Å². The maximum Gasteiger partial charge on any atom is 0.319 e. The number of hydrogen-bond acceptors (Lipinski definition) is 4. The van der Waals surface area contributed by atoms with Crippen LogP contribution >= 0.6 is 0 Å². The molecule has 4 heteroatoms. The molecule has 1 N–H and O–H groups in total. The van der Waals surface area contributed by atoms with Gasteiger partial charge in [-0.25, -0.2) is 0 Å². The molecule has 0 aliphatic rings. The van der Waals surface area contributed by atoms with Gasteiger partial charge in [-0.1, -0.05) is 60.7 Å². The molecule has 2 aromatic rings. The number of esters is 1. The summed E-state index contributed by atoms with van der Waals surface area (Å²) in [6, 6.07) is 20.2. The van der Waals surface area contributed by atoms with E-state index in [4.69, 9.17) is 4.74 Å². The molecule has 0 aliphatic heterocycles. The molecule has 0 fully saturated rings. The van der Waals surface area contributed by atoms with Crippen LogP contribution in [0.5, 0.6) is 0 Å². The van der Waals surface area contributed by atoms with E-state index >= 15 is 0 Å². The van der Waals surface area contributed by atoms with Gasteiger partial charge in [0.1, 0.15) is 6.10 Å². The molecule has 0 unspecified atom stereocenters. The minimum absolute atomic E-state index is 0.109. The minimum atomic E-state index is -0.275. The van der Waals surface area contributed by atoms with Crippen LogP contribution in [-0.2, 0) is 14.3 Å². The Morgan fingerprint density at radius 3 is 2.05 bits per heavy atom. The lowest BCUT2D eigenvalue weighted by atomic mass is 10.0. The molecule has 2 aromatic carbocycles. The first-order valence-electron chi connectivity index (χ1n) is 7.30. The summed E-state index contributed by atoms with van der Waals surface area (Å²) in [4.78, 5) is 11.0. The van der Waals surface area contributed by atoms with E-state index in [1.54, 1.807) is 0 Å². The van der Waals surface area contributed by atoms with Crippen molar-refractivity contribution in [2.75, 3.05) is 26.8 Å². The van der Waals surface area contributed by atoms with Gasteiger partial charge in [-0.2, -0.15) is 0 Å². The molecule has 0 atom stereocenters. The van der Waals surface area contributed by atoms with E-state index in [1.807, 2.05) is 36.4 Å². The highest BCUT2D eigenvalue weighted by atomic mass is 16.5. The van der Waals surface area contributed by atoms with Crippen molar-refractivity contribution < 1.29 is 14.3 Å². The summed E-state index contributed by atoms with van der Waals surface area (Å²) >= 11 is 0. The van der Waals surface area contributed by atoms with Crippen LogP contribution in [0, 0.1) is 0 Å². The third-order valence-corrected chi connectivity index (χ3v) is 3.27. The van der Waals surface area contributed by atoms with Gasteiger partial charge in [-0.05, 0) is 11.1 Å². The monoisotopic (exact) mass is 299 g/mol. The van der Waals surface area contributed by atoms with Gasteiger partial charge < -0.3 is 14.8 Å². The van der Waals surface area contributed by atoms with Gasteiger partial charge in [0.2, 0.25) is 0 Å². The van der Waals surface area contributed by atoms with Crippen molar-refractivity contribution >= 4 is 5.97 Å². The van der Waals surface area contributed by atoms with Crippen LogP contribution < -0.4 is 5.32 Å². The van der Waals surface area contributed by atoms with Crippen molar-refractivity contribution in [1.82, 2.24) is 5.32 Å². The standard InChI is InChI=1S/C18H21NO3/c1-21-17(20)14-19-12-13-22-18(15-8-4-2-5-9-15)16-10-6-3-7-11-16/h2-11,18-19H,12-14H2,1H3. The number of carbonyl (C=O) groups is 1. The van der Waals surface area contributed by atoms with E-state index in [-0.39, 0.29) is 18.6 Å². The highest BCUT2D eigenvalue weighted by molar-refractivity contribution is 5.71. The van der Waals surface area contributed by atoms with Crippen LogP contribution in [0.3, 0.4) is 0 Å². The largest absolute Gasteiger partial charge is 0.468 e. The second-order valence-corrected chi connectivity index (χ2v) is 4.83. The lowest BCUT2D eigenvalue weighted by Gasteiger charge is -2.19. The fourth-order valence-electron chi connectivity index (χ4n) is 2.15. The Hall–Kier alpha value is -2.17. The first kappa shape index (κ1) is 16.2. The van der Waals surface area contributed by atoms with Crippen LogP contribution in [0.4, 0.5) is 0 Å². The second kappa shape index (κ2) is 8.97. The fourth-order valence-corrected chi connectivity index (χ4v) is 2.15. The maximum atomic E-state index is 11.0.